The molecular weight excluding hydrogens is 230 g/mol. The molecule has 6 heteroatoms. The summed E-state index contributed by atoms with van der Waals surface area (Å²) in [7, 11) is 3.52. The first-order valence-electron chi connectivity index (χ1n) is 6.03. The molecule has 0 amide bonds. The second-order valence-corrected chi connectivity index (χ2v) is 4.18. The number of anilines is 1. The van der Waals surface area contributed by atoms with E-state index in [-0.39, 0.29) is 6.04 Å². The normalized spacial score (nSPS) is 12.8. The molecule has 0 spiro atoms. The lowest BCUT2D eigenvalue weighted by Gasteiger charge is -2.07. The van der Waals surface area contributed by atoms with Crippen LogP contribution in [0.25, 0.3) is 11.2 Å². The van der Waals surface area contributed by atoms with Crippen molar-refractivity contribution in [3.63, 3.8) is 0 Å². The minimum Gasteiger partial charge on any atom is -0.385 e. The van der Waals surface area contributed by atoms with Crippen LogP contribution in [0.5, 0.6) is 0 Å². The monoisotopic (exact) mass is 249 g/mol. The van der Waals surface area contributed by atoms with Gasteiger partial charge in [0.25, 0.3) is 0 Å². The Hall–Kier alpha value is -1.66. The summed E-state index contributed by atoms with van der Waals surface area (Å²) in [5.41, 5.74) is 7.68. The molecule has 0 bridgehead atoms. The number of aromatic nitrogens is 3. The van der Waals surface area contributed by atoms with Gasteiger partial charge in [-0.25, -0.2) is 9.97 Å². The standard InChI is InChI=1S/C12H19N5O/c1-14-10-6-5-9-12(16-10)17-11(15-9)8(13)4-3-7-18-2/h5-6,8H,3-4,7,13H2,1-2H3,(H2,14,15,16,17). The molecule has 0 saturated heterocycles. The van der Waals surface area contributed by atoms with Crippen LogP contribution in [-0.2, 0) is 4.74 Å². The zero-order valence-electron chi connectivity index (χ0n) is 10.7. The summed E-state index contributed by atoms with van der Waals surface area (Å²) in [6.07, 6.45) is 1.76. The minimum absolute atomic E-state index is 0.104. The van der Waals surface area contributed by atoms with E-state index in [1.165, 1.54) is 0 Å². The summed E-state index contributed by atoms with van der Waals surface area (Å²) in [6, 6.07) is 3.75. The Morgan fingerprint density at radius 2 is 2.28 bits per heavy atom. The van der Waals surface area contributed by atoms with Crippen molar-refractivity contribution in [3.05, 3.63) is 18.0 Å². The van der Waals surface area contributed by atoms with Gasteiger partial charge in [0.2, 0.25) is 0 Å². The number of fused-ring (bicyclic) bond motifs is 1. The first-order valence-corrected chi connectivity index (χ1v) is 6.03. The van der Waals surface area contributed by atoms with Gasteiger partial charge in [0.1, 0.15) is 11.6 Å². The van der Waals surface area contributed by atoms with Gasteiger partial charge >= 0.3 is 0 Å². The maximum absolute atomic E-state index is 6.08. The molecule has 0 radical (unpaired) electrons. The Balaban J connectivity index is 2.13. The lowest BCUT2D eigenvalue weighted by Crippen LogP contribution is -2.12. The average Bonchev–Trinajstić information content (AvgIpc) is 2.81. The maximum Gasteiger partial charge on any atom is 0.179 e. The maximum atomic E-state index is 6.08. The fraction of sp³-hybridized carbons (Fsp3) is 0.500. The number of nitrogens with zero attached hydrogens (tertiary/aromatic N) is 2. The van der Waals surface area contributed by atoms with Crippen LogP contribution in [0.3, 0.4) is 0 Å². The van der Waals surface area contributed by atoms with Crippen LogP contribution in [0.2, 0.25) is 0 Å². The van der Waals surface area contributed by atoms with Crippen molar-refractivity contribution in [2.24, 2.45) is 5.73 Å². The Kier molecular flexibility index (Phi) is 4.11. The van der Waals surface area contributed by atoms with Gasteiger partial charge in [-0.2, -0.15) is 0 Å². The number of aromatic amines is 1. The van der Waals surface area contributed by atoms with Gasteiger partial charge in [0, 0.05) is 20.8 Å². The Bertz CT molecular complexity index is 510. The fourth-order valence-electron chi connectivity index (χ4n) is 1.81. The predicted octanol–water partition coefficient (Wildman–Crippen LogP) is 1.43. The van der Waals surface area contributed by atoms with Crippen LogP contribution < -0.4 is 11.1 Å². The molecule has 2 rings (SSSR count). The van der Waals surface area contributed by atoms with Crippen molar-refractivity contribution in [2.45, 2.75) is 18.9 Å². The molecule has 98 valence electrons. The molecule has 0 aliphatic heterocycles. The summed E-state index contributed by atoms with van der Waals surface area (Å²) in [4.78, 5) is 12.0. The topological polar surface area (TPSA) is 88.9 Å². The number of hydrogen-bond acceptors (Lipinski definition) is 5. The molecule has 2 aromatic heterocycles. The molecule has 18 heavy (non-hydrogen) atoms. The molecule has 2 aromatic rings. The van der Waals surface area contributed by atoms with Crippen molar-refractivity contribution in [1.82, 2.24) is 15.0 Å². The molecule has 6 nitrogen and oxygen atoms in total. The smallest absolute Gasteiger partial charge is 0.179 e. The summed E-state index contributed by atoms with van der Waals surface area (Å²) in [6.45, 7) is 0.718. The van der Waals surface area contributed by atoms with E-state index in [0.717, 1.165) is 36.6 Å². The first-order chi connectivity index (χ1) is 8.74. The van der Waals surface area contributed by atoms with Crippen molar-refractivity contribution < 1.29 is 4.74 Å². The Morgan fingerprint density at radius 1 is 1.44 bits per heavy atom. The first kappa shape index (κ1) is 12.8. The zero-order chi connectivity index (χ0) is 13.0. The molecule has 0 aliphatic carbocycles. The molecule has 4 N–H and O–H groups in total. The van der Waals surface area contributed by atoms with Gasteiger partial charge in [-0.05, 0) is 25.0 Å². The Morgan fingerprint density at radius 3 is 3.00 bits per heavy atom. The van der Waals surface area contributed by atoms with Crippen molar-refractivity contribution in [2.75, 3.05) is 26.1 Å². The Labute approximate surface area is 106 Å². The van der Waals surface area contributed by atoms with Crippen molar-refractivity contribution >= 4 is 17.0 Å². The highest BCUT2D eigenvalue weighted by atomic mass is 16.5. The number of ether oxygens (including phenoxy) is 1. The second-order valence-electron chi connectivity index (χ2n) is 4.18. The molecule has 1 atom stereocenters. The summed E-state index contributed by atoms with van der Waals surface area (Å²) in [5, 5.41) is 2.99. The van der Waals surface area contributed by atoms with Crippen molar-refractivity contribution in [3.8, 4) is 0 Å². The third kappa shape index (κ3) is 2.77. The van der Waals surface area contributed by atoms with Crippen molar-refractivity contribution in [1.29, 1.82) is 0 Å². The summed E-state index contributed by atoms with van der Waals surface area (Å²) in [5.74, 6) is 1.58. The SMILES string of the molecule is CNc1ccc2[nH]c(C(N)CCCOC)nc2n1. The van der Waals surface area contributed by atoms with E-state index in [4.69, 9.17) is 10.5 Å². The van der Waals surface area contributed by atoms with E-state index in [2.05, 4.69) is 20.3 Å². The van der Waals surface area contributed by atoms with E-state index in [9.17, 15) is 0 Å². The predicted molar refractivity (Wildman–Crippen MR) is 71.5 cm³/mol. The van der Waals surface area contributed by atoms with Gasteiger partial charge in [-0.15, -0.1) is 0 Å². The molecule has 0 fully saturated rings. The number of H-pyrrole nitrogens is 1. The van der Waals surface area contributed by atoms with E-state index in [1.807, 2.05) is 19.2 Å². The average molecular weight is 249 g/mol. The third-order valence-electron chi connectivity index (χ3n) is 2.84. The van der Waals surface area contributed by atoms with Gasteiger partial charge in [-0.1, -0.05) is 0 Å². The van der Waals surface area contributed by atoms with Gasteiger partial charge in [0.15, 0.2) is 5.65 Å². The van der Waals surface area contributed by atoms with Gasteiger partial charge < -0.3 is 20.8 Å². The van der Waals surface area contributed by atoms with Crippen LogP contribution in [0.15, 0.2) is 12.1 Å². The van der Waals surface area contributed by atoms with Gasteiger partial charge in [0.05, 0.1) is 11.6 Å². The fourth-order valence-corrected chi connectivity index (χ4v) is 1.81. The third-order valence-corrected chi connectivity index (χ3v) is 2.84. The molecule has 1 unspecified atom stereocenters. The lowest BCUT2D eigenvalue weighted by atomic mass is 10.1. The number of imidazole rings is 1. The van der Waals surface area contributed by atoms with Crippen LogP contribution >= 0.6 is 0 Å². The number of methoxy groups -OCH3 is 1. The van der Waals surface area contributed by atoms with Crippen LogP contribution in [-0.4, -0.2) is 35.7 Å². The number of nitrogens with one attached hydrogen (secondary N) is 2. The van der Waals surface area contributed by atoms with E-state index in [0.29, 0.717) is 5.65 Å². The summed E-state index contributed by atoms with van der Waals surface area (Å²) < 4.78 is 5.01. The minimum atomic E-state index is -0.104. The van der Waals surface area contributed by atoms with Crippen LogP contribution in [0.1, 0.15) is 24.7 Å². The van der Waals surface area contributed by atoms with E-state index < -0.39 is 0 Å². The summed E-state index contributed by atoms with van der Waals surface area (Å²) >= 11 is 0. The molecule has 0 aliphatic rings. The highest BCUT2D eigenvalue weighted by Crippen LogP contribution is 2.18. The molecule has 0 aromatic carbocycles. The van der Waals surface area contributed by atoms with Crippen LogP contribution in [0.4, 0.5) is 5.82 Å². The van der Waals surface area contributed by atoms with E-state index in [1.54, 1.807) is 7.11 Å². The number of nitrogens with two attached hydrogens (primary N) is 1. The second kappa shape index (κ2) is 5.79. The number of hydrogen-bond donors (Lipinski definition) is 3. The molecular formula is C12H19N5O. The van der Waals surface area contributed by atoms with E-state index >= 15 is 0 Å². The largest absolute Gasteiger partial charge is 0.385 e. The molecule has 0 saturated carbocycles. The molecule has 2 heterocycles. The zero-order valence-corrected chi connectivity index (χ0v) is 10.7. The van der Waals surface area contributed by atoms with Gasteiger partial charge in [-0.3, -0.25) is 0 Å². The highest BCUT2D eigenvalue weighted by Gasteiger charge is 2.11. The quantitative estimate of drug-likeness (QED) is 0.674. The highest BCUT2D eigenvalue weighted by molar-refractivity contribution is 5.72. The lowest BCUT2D eigenvalue weighted by molar-refractivity contribution is 0.190. The number of rotatable bonds is 6. The van der Waals surface area contributed by atoms with Crippen LogP contribution in [0, 0.1) is 0 Å². The number of pyridine rings is 1.